The molecule has 1 aromatic rings. The van der Waals surface area contributed by atoms with Gasteiger partial charge in [0.1, 0.15) is 10.3 Å². The third-order valence-electron chi connectivity index (χ3n) is 3.37. The smallest absolute Gasteiger partial charge is 0.253 e. The van der Waals surface area contributed by atoms with Crippen LogP contribution in [0, 0.1) is 0 Å². The van der Waals surface area contributed by atoms with Crippen LogP contribution in [0.3, 0.4) is 0 Å². The first-order valence-electron chi connectivity index (χ1n) is 6.23. The Morgan fingerprint density at radius 3 is 2.63 bits per heavy atom. The lowest BCUT2D eigenvalue weighted by Gasteiger charge is -2.36. The molecule has 0 spiro atoms. The molecule has 1 fully saturated rings. The van der Waals surface area contributed by atoms with Crippen LogP contribution in [0.4, 0.5) is 0 Å². The average Bonchev–Trinajstić information content (AvgIpc) is 2.85. The van der Waals surface area contributed by atoms with Crippen LogP contribution < -0.4 is 0 Å². The van der Waals surface area contributed by atoms with Gasteiger partial charge in [0.15, 0.2) is 0 Å². The number of aryl methyl sites for hydroxylation is 1. The molecule has 5 nitrogen and oxygen atoms in total. The Kier molecular flexibility index (Phi) is 3.98. The molecule has 19 heavy (non-hydrogen) atoms. The Hall–Kier alpha value is -0.920. The molecule has 0 radical (unpaired) electrons. The molecule has 1 aliphatic heterocycles. The molecule has 1 aromatic heterocycles. The van der Waals surface area contributed by atoms with E-state index < -0.39 is 16.1 Å². The first kappa shape index (κ1) is 14.5. The van der Waals surface area contributed by atoms with E-state index >= 15 is 0 Å². The molecule has 0 aliphatic carbocycles. The Balaban J connectivity index is 2.32. The fourth-order valence-electron chi connectivity index (χ4n) is 2.13. The van der Waals surface area contributed by atoms with E-state index in [0.717, 1.165) is 11.3 Å². The largest absolute Gasteiger partial charge is 0.343 e. The number of amides is 1. The van der Waals surface area contributed by atoms with Crippen LogP contribution in [0.25, 0.3) is 0 Å². The van der Waals surface area contributed by atoms with Gasteiger partial charge < -0.3 is 4.90 Å². The summed E-state index contributed by atoms with van der Waals surface area (Å²) in [5.41, 5.74) is 0. The van der Waals surface area contributed by atoms with Crippen LogP contribution in [0.15, 0.2) is 16.3 Å². The Morgan fingerprint density at radius 2 is 2.05 bits per heavy atom. The van der Waals surface area contributed by atoms with Gasteiger partial charge in [-0.15, -0.1) is 11.3 Å². The monoisotopic (exact) mass is 302 g/mol. The zero-order valence-corrected chi connectivity index (χ0v) is 12.9. The summed E-state index contributed by atoms with van der Waals surface area (Å²) in [6, 6.07) is 2.84. The fraction of sp³-hybridized carbons (Fsp3) is 0.583. The van der Waals surface area contributed by atoms with Crippen molar-refractivity contribution in [3.05, 3.63) is 17.0 Å². The highest BCUT2D eigenvalue weighted by Gasteiger charge is 2.38. The van der Waals surface area contributed by atoms with E-state index in [4.69, 9.17) is 0 Å². The van der Waals surface area contributed by atoms with Gasteiger partial charge in [-0.25, -0.2) is 8.42 Å². The van der Waals surface area contributed by atoms with Gasteiger partial charge in [-0.3, -0.25) is 4.79 Å². The van der Waals surface area contributed by atoms with Crippen LogP contribution in [-0.4, -0.2) is 49.7 Å². The molecule has 106 valence electrons. The third-order valence-corrected chi connectivity index (χ3v) is 7.04. The number of nitrogens with zero attached hydrogens (tertiary/aromatic N) is 2. The third kappa shape index (κ3) is 2.54. The van der Waals surface area contributed by atoms with Crippen molar-refractivity contribution in [2.24, 2.45) is 0 Å². The summed E-state index contributed by atoms with van der Waals surface area (Å²) in [5.74, 6) is -0.151. The summed E-state index contributed by atoms with van der Waals surface area (Å²) in [6.45, 7) is 4.42. The van der Waals surface area contributed by atoms with Crippen LogP contribution in [0.2, 0.25) is 0 Å². The van der Waals surface area contributed by atoms with E-state index in [2.05, 4.69) is 0 Å². The molecule has 2 rings (SSSR count). The summed E-state index contributed by atoms with van der Waals surface area (Å²) in [5, 5.41) is 0. The Bertz CT molecular complexity index is 580. The number of hydrogen-bond donors (Lipinski definition) is 0. The summed E-state index contributed by atoms with van der Waals surface area (Å²) in [7, 11) is -1.85. The number of piperazine rings is 1. The van der Waals surface area contributed by atoms with E-state index in [9.17, 15) is 13.2 Å². The molecule has 1 atom stereocenters. The topological polar surface area (TPSA) is 57.7 Å². The van der Waals surface area contributed by atoms with Gasteiger partial charge in [-0.1, -0.05) is 6.92 Å². The van der Waals surface area contributed by atoms with Crippen molar-refractivity contribution in [3.8, 4) is 0 Å². The fourth-order valence-corrected chi connectivity index (χ4v) is 5.13. The van der Waals surface area contributed by atoms with Crippen LogP contribution in [-0.2, 0) is 21.2 Å². The van der Waals surface area contributed by atoms with Crippen molar-refractivity contribution < 1.29 is 13.2 Å². The molecule has 0 aromatic carbocycles. The lowest BCUT2D eigenvalue weighted by molar-refractivity contribution is -0.136. The molecule has 0 saturated carbocycles. The zero-order valence-electron chi connectivity index (χ0n) is 11.3. The minimum Gasteiger partial charge on any atom is -0.343 e. The molecule has 0 N–H and O–H groups in total. The van der Waals surface area contributed by atoms with Crippen molar-refractivity contribution >= 4 is 27.3 Å². The number of thiophene rings is 1. The minimum absolute atomic E-state index is 0.151. The lowest BCUT2D eigenvalue weighted by atomic mass is 10.2. The molecule has 1 aliphatic rings. The first-order valence-corrected chi connectivity index (χ1v) is 8.49. The predicted octanol–water partition coefficient (Wildman–Crippen LogP) is 1.16. The van der Waals surface area contributed by atoms with Crippen molar-refractivity contribution in [1.82, 2.24) is 9.21 Å². The van der Waals surface area contributed by atoms with Gasteiger partial charge in [-0.2, -0.15) is 4.31 Å². The van der Waals surface area contributed by atoms with Crippen molar-refractivity contribution in [3.63, 3.8) is 0 Å². The highest BCUT2D eigenvalue weighted by atomic mass is 32.2. The summed E-state index contributed by atoms with van der Waals surface area (Å²) in [6.07, 6.45) is 0.817. The second kappa shape index (κ2) is 5.22. The molecular formula is C12H18N2O3S2. The van der Waals surface area contributed by atoms with Gasteiger partial charge in [0.25, 0.3) is 10.0 Å². The Morgan fingerprint density at radius 1 is 1.37 bits per heavy atom. The van der Waals surface area contributed by atoms with E-state index in [1.54, 1.807) is 24.9 Å². The summed E-state index contributed by atoms with van der Waals surface area (Å²) in [4.78, 5) is 14.5. The minimum atomic E-state index is -3.55. The van der Waals surface area contributed by atoms with Crippen molar-refractivity contribution in [1.29, 1.82) is 0 Å². The number of hydrogen-bond acceptors (Lipinski definition) is 4. The number of sulfonamides is 1. The second-order valence-corrected chi connectivity index (χ2v) is 7.91. The van der Waals surface area contributed by atoms with E-state index in [-0.39, 0.29) is 5.91 Å². The molecule has 0 bridgehead atoms. The second-order valence-electron chi connectivity index (χ2n) is 4.63. The SMILES string of the molecule is CCc1ccc(S(=O)(=O)N2CCN(C)C(=O)C2C)s1. The first-order chi connectivity index (χ1) is 8.87. The van der Waals surface area contributed by atoms with Crippen molar-refractivity contribution in [2.45, 2.75) is 30.5 Å². The predicted molar refractivity (Wildman–Crippen MR) is 74.7 cm³/mol. The van der Waals surface area contributed by atoms with Gasteiger partial charge >= 0.3 is 0 Å². The van der Waals surface area contributed by atoms with Gasteiger partial charge in [0.2, 0.25) is 5.91 Å². The maximum absolute atomic E-state index is 12.5. The van der Waals surface area contributed by atoms with Gasteiger partial charge in [0.05, 0.1) is 0 Å². The maximum atomic E-state index is 12.5. The van der Waals surface area contributed by atoms with Crippen LogP contribution >= 0.6 is 11.3 Å². The standard InChI is InChI=1S/C12H18N2O3S2/c1-4-10-5-6-11(18-10)19(16,17)14-8-7-13(3)12(15)9(14)2/h5-6,9H,4,7-8H2,1-3H3. The summed E-state index contributed by atoms with van der Waals surface area (Å²) < 4.78 is 26.7. The average molecular weight is 302 g/mol. The van der Waals surface area contributed by atoms with Crippen LogP contribution in [0.1, 0.15) is 18.7 Å². The molecule has 2 heterocycles. The maximum Gasteiger partial charge on any atom is 0.253 e. The van der Waals surface area contributed by atoms with E-state index in [1.165, 1.54) is 15.6 Å². The highest BCUT2D eigenvalue weighted by Crippen LogP contribution is 2.27. The number of carbonyl (C=O) groups is 1. The number of likely N-dealkylation sites (N-methyl/N-ethyl adjacent to an activating group) is 1. The highest BCUT2D eigenvalue weighted by molar-refractivity contribution is 7.91. The molecule has 1 unspecified atom stereocenters. The lowest BCUT2D eigenvalue weighted by Crippen LogP contribution is -2.56. The number of rotatable bonds is 3. The summed E-state index contributed by atoms with van der Waals surface area (Å²) >= 11 is 1.28. The van der Waals surface area contributed by atoms with Crippen LogP contribution in [0.5, 0.6) is 0 Å². The number of carbonyl (C=O) groups excluding carboxylic acids is 1. The molecular weight excluding hydrogens is 284 g/mol. The van der Waals surface area contributed by atoms with Crippen molar-refractivity contribution in [2.75, 3.05) is 20.1 Å². The quantitative estimate of drug-likeness (QED) is 0.842. The van der Waals surface area contributed by atoms with E-state index in [1.807, 2.05) is 13.0 Å². The molecule has 7 heteroatoms. The van der Waals surface area contributed by atoms with E-state index in [0.29, 0.717) is 17.3 Å². The molecule has 1 saturated heterocycles. The molecule has 1 amide bonds. The van der Waals surface area contributed by atoms with Gasteiger partial charge in [-0.05, 0) is 25.5 Å². The normalized spacial score (nSPS) is 21.9. The Labute approximate surface area is 117 Å². The van der Waals surface area contributed by atoms with Gasteiger partial charge in [0, 0.05) is 25.0 Å². The zero-order chi connectivity index (χ0) is 14.2.